The van der Waals surface area contributed by atoms with Gasteiger partial charge in [0.25, 0.3) is 0 Å². The maximum absolute atomic E-state index is 13.6. The lowest BCUT2D eigenvalue weighted by Gasteiger charge is -2.12. The smallest absolute Gasteiger partial charge is 0.167 e. The molecule has 5 heteroatoms. The molecule has 2 aromatic carbocycles. The Kier molecular flexibility index (Phi) is 4.27. The van der Waals surface area contributed by atoms with Crippen LogP contribution in [0.1, 0.15) is 6.92 Å². The quantitative estimate of drug-likeness (QED) is 0.849. The number of benzene rings is 2. The van der Waals surface area contributed by atoms with E-state index in [1.165, 1.54) is 12.1 Å². The first-order valence-corrected chi connectivity index (χ1v) is 6.54. The van der Waals surface area contributed by atoms with Gasteiger partial charge in [-0.05, 0) is 25.1 Å². The topological polar surface area (TPSA) is 44.5 Å². The summed E-state index contributed by atoms with van der Waals surface area (Å²) in [7, 11) is 0. The number of ether oxygens (including phenoxy) is 2. The number of anilines is 1. The average Bonchev–Trinajstić information content (AvgIpc) is 2.35. The number of nitrogens with two attached hydrogens (primary N) is 1. The van der Waals surface area contributed by atoms with Crippen LogP contribution in [0.2, 0.25) is 0 Å². The third kappa shape index (κ3) is 3.38. The molecule has 2 rings (SSSR count). The van der Waals surface area contributed by atoms with Crippen LogP contribution in [-0.2, 0) is 0 Å². The van der Waals surface area contributed by atoms with Crippen molar-refractivity contribution in [3.8, 4) is 17.2 Å². The molecule has 0 radical (unpaired) electrons. The second-order valence-corrected chi connectivity index (χ2v) is 4.73. The molecule has 0 aliphatic carbocycles. The van der Waals surface area contributed by atoms with Gasteiger partial charge in [0.05, 0.1) is 12.3 Å². The van der Waals surface area contributed by atoms with Crippen molar-refractivity contribution < 1.29 is 13.9 Å². The summed E-state index contributed by atoms with van der Waals surface area (Å²) >= 11 is 3.35. The molecular weight excluding hydrogens is 313 g/mol. The summed E-state index contributed by atoms with van der Waals surface area (Å²) < 4.78 is 25.2. The molecule has 0 spiro atoms. The van der Waals surface area contributed by atoms with Crippen LogP contribution in [0.25, 0.3) is 0 Å². The van der Waals surface area contributed by atoms with E-state index >= 15 is 0 Å². The Morgan fingerprint density at radius 2 is 2.00 bits per heavy atom. The Bertz CT molecular complexity index is 590. The molecule has 0 aromatic heterocycles. The van der Waals surface area contributed by atoms with E-state index in [9.17, 15) is 4.39 Å². The van der Waals surface area contributed by atoms with Crippen LogP contribution in [0.4, 0.5) is 10.1 Å². The number of hydrogen-bond acceptors (Lipinski definition) is 3. The van der Waals surface area contributed by atoms with Gasteiger partial charge >= 0.3 is 0 Å². The fraction of sp³-hybridized carbons (Fsp3) is 0.143. The van der Waals surface area contributed by atoms with Gasteiger partial charge in [-0.1, -0.05) is 22.0 Å². The predicted molar refractivity (Wildman–Crippen MR) is 76.2 cm³/mol. The molecule has 0 heterocycles. The molecule has 0 fully saturated rings. The molecule has 0 aliphatic heterocycles. The molecule has 100 valence electrons. The highest BCUT2D eigenvalue weighted by Crippen LogP contribution is 2.34. The molecule has 2 N–H and O–H groups in total. The van der Waals surface area contributed by atoms with Crippen molar-refractivity contribution in [3.05, 3.63) is 46.7 Å². The molecule has 19 heavy (non-hydrogen) atoms. The van der Waals surface area contributed by atoms with Gasteiger partial charge in [0.1, 0.15) is 5.75 Å². The number of hydrogen-bond donors (Lipinski definition) is 1. The van der Waals surface area contributed by atoms with Crippen LogP contribution in [-0.4, -0.2) is 6.61 Å². The van der Waals surface area contributed by atoms with Gasteiger partial charge in [0.2, 0.25) is 0 Å². The van der Waals surface area contributed by atoms with Gasteiger partial charge in [-0.2, -0.15) is 0 Å². The summed E-state index contributed by atoms with van der Waals surface area (Å²) in [6.07, 6.45) is 0. The van der Waals surface area contributed by atoms with Gasteiger partial charge in [-0.15, -0.1) is 0 Å². The zero-order valence-electron chi connectivity index (χ0n) is 10.3. The lowest BCUT2D eigenvalue weighted by molar-refractivity contribution is 0.319. The van der Waals surface area contributed by atoms with Crippen molar-refractivity contribution in [2.24, 2.45) is 0 Å². The van der Waals surface area contributed by atoms with E-state index < -0.39 is 5.82 Å². The lowest BCUT2D eigenvalue weighted by atomic mass is 10.2. The largest absolute Gasteiger partial charge is 0.491 e. The number of rotatable bonds is 4. The zero-order valence-corrected chi connectivity index (χ0v) is 11.9. The third-order valence-electron chi connectivity index (χ3n) is 2.39. The number of nitrogen functional groups attached to an aromatic ring is 1. The van der Waals surface area contributed by atoms with Gasteiger partial charge in [0, 0.05) is 16.6 Å². The summed E-state index contributed by atoms with van der Waals surface area (Å²) in [5.41, 5.74) is 5.96. The van der Waals surface area contributed by atoms with Crippen LogP contribution in [0.3, 0.4) is 0 Å². The fourth-order valence-electron chi connectivity index (χ4n) is 1.56. The maximum atomic E-state index is 13.6. The first-order valence-electron chi connectivity index (χ1n) is 5.75. The summed E-state index contributed by atoms with van der Waals surface area (Å²) in [4.78, 5) is 0. The van der Waals surface area contributed by atoms with E-state index in [1.807, 2.05) is 12.1 Å². The second kappa shape index (κ2) is 5.93. The first-order chi connectivity index (χ1) is 9.10. The van der Waals surface area contributed by atoms with E-state index in [1.54, 1.807) is 19.1 Å². The molecule has 2 aromatic rings. The van der Waals surface area contributed by atoms with Crippen LogP contribution in [0.15, 0.2) is 40.9 Å². The molecule has 0 atom stereocenters. The van der Waals surface area contributed by atoms with Gasteiger partial charge in [-0.3, -0.25) is 0 Å². The Morgan fingerprint density at radius 3 is 2.68 bits per heavy atom. The van der Waals surface area contributed by atoms with Gasteiger partial charge in [-0.25, -0.2) is 4.39 Å². The monoisotopic (exact) mass is 325 g/mol. The van der Waals surface area contributed by atoms with Crippen molar-refractivity contribution in [1.29, 1.82) is 0 Å². The molecule has 0 bridgehead atoms. The summed E-state index contributed by atoms with van der Waals surface area (Å²) in [6.45, 7) is 2.15. The van der Waals surface area contributed by atoms with Gasteiger partial charge in [0.15, 0.2) is 17.3 Å². The molecule has 0 saturated carbocycles. The van der Waals surface area contributed by atoms with Crippen molar-refractivity contribution in [3.63, 3.8) is 0 Å². The average molecular weight is 326 g/mol. The van der Waals surface area contributed by atoms with Crippen LogP contribution >= 0.6 is 15.9 Å². The maximum Gasteiger partial charge on any atom is 0.167 e. The number of halogens is 2. The second-order valence-electron chi connectivity index (χ2n) is 3.81. The SMILES string of the molecule is CCOc1cc(Oc2cccc(Br)c2)c(N)cc1F. The van der Waals surface area contributed by atoms with Crippen molar-refractivity contribution in [1.82, 2.24) is 0 Å². The van der Waals surface area contributed by atoms with Crippen molar-refractivity contribution in [2.75, 3.05) is 12.3 Å². The lowest BCUT2D eigenvalue weighted by Crippen LogP contribution is -1.98. The third-order valence-corrected chi connectivity index (χ3v) is 2.88. The first kappa shape index (κ1) is 13.7. The van der Waals surface area contributed by atoms with Gasteiger partial charge < -0.3 is 15.2 Å². The molecule has 0 amide bonds. The van der Waals surface area contributed by atoms with E-state index in [4.69, 9.17) is 15.2 Å². The van der Waals surface area contributed by atoms with Crippen LogP contribution in [0, 0.1) is 5.82 Å². The van der Waals surface area contributed by atoms with Crippen LogP contribution < -0.4 is 15.2 Å². The minimum atomic E-state index is -0.499. The Morgan fingerprint density at radius 1 is 1.21 bits per heavy atom. The Balaban J connectivity index is 2.31. The minimum absolute atomic E-state index is 0.127. The molecule has 0 unspecified atom stereocenters. The van der Waals surface area contributed by atoms with E-state index in [2.05, 4.69) is 15.9 Å². The van der Waals surface area contributed by atoms with E-state index in [0.717, 1.165) is 4.47 Å². The highest BCUT2D eigenvalue weighted by atomic mass is 79.9. The molecule has 3 nitrogen and oxygen atoms in total. The fourth-order valence-corrected chi connectivity index (χ4v) is 1.94. The van der Waals surface area contributed by atoms with Crippen LogP contribution in [0.5, 0.6) is 17.2 Å². The summed E-state index contributed by atoms with van der Waals surface area (Å²) in [5, 5.41) is 0. The highest BCUT2D eigenvalue weighted by Gasteiger charge is 2.10. The molecular formula is C14H13BrFNO2. The molecule has 0 aliphatic rings. The predicted octanol–water partition coefficient (Wildman–Crippen LogP) is 4.36. The Hall–Kier alpha value is -1.75. The zero-order chi connectivity index (χ0) is 13.8. The van der Waals surface area contributed by atoms with Crippen molar-refractivity contribution in [2.45, 2.75) is 6.92 Å². The van der Waals surface area contributed by atoms with E-state index in [-0.39, 0.29) is 11.4 Å². The standard InChI is InChI=1S/C14H13BrFNO2/c1-2-18-13-8-14(12(17)7-11(13)16)19-10-5-3-4-9(15)6-10/h3-8H,2,17H2,1H3. The molecule has 0 saturated heterocycles. The summed E-state index contributed by atoms with van der Waals surface area (Å²) in [6, 6.07) is 9.94. The normalized spacial score (nSPS) is 10.3. The summed E-state index contributed by atoms with van der Waals surface area (Å²) in [5.74, 6) is 0.598. The minimum Gasteiger partial charge on any atom is -0.491 e. The highest BCUT2D eigenvalue weighted by molar-refractivity contribution is 9.10. The Labute approximate surface area is 119 Å². The van der Waals surface area contributed by atoms with E-state index in [0.29, 0.717) is 18.1 Å². The van der Waals surface area contributed by atoms with Crippen molar-refractivity contribution >= 4 is 21.6 Å².